The zero-order chi connectivity index (χ0) is 28.6. The lowest BCUT2D eigenvalue weighted by atomic mass is 10.1. The largest absolute Gasteiger partial charge is 0.494 e. The molecule has 0 saturated heterocycles. The van der Waals surface area contributed by atoms with Crippen LogP contribution < -0.4 is 14.2 Å². The highest BCUT2D eigenvalue weighted by atomic mass is 79.9. The van der Waals surface area contributed by atoms with Gasteiger partial charge in [0.05, 0.1) is 17.7 Å². The summed E-state index contributed by atoms with van der Waals surface area (Å²) in [5, 5.41) is 20.9. The molecule has 4 aromatic rings. The Morgan fingerprint density at radius 1 is 1.02 bits per heavy atom. The average molecular weight is 648 g/mol. The monoisotopic (exact) mass is 646 g/mol. The van der Waals surface area contributed by atoms with Crippen LogP contribution in [0.2, 0.25) is 5.02 Å². The van der Waals surface area contributed by atoms with E-state index < -0.39 is 5.25 Å². The Kier molecular flexibility index (Phi) is 10.3. The maximum absolute atomic E-state index is 11.7. The van der Waals surface area contributed by atoms with E-state index in [9.17, 15) is 10.1 Å². The number of thioether (sulfide) groups is 1. The van der Waals surface area contributed by atoms with E-state index in [1.807, 2.05) is 67.8 Å². The first-order valence-corrected chi connectivity index (χ1v) is 14.6. The van der Waals surface area contributed by atoms with Crippen molar-refractivity contribution in [1.29, 1.82) is 0 Å². The highest BCUT2D eigenvalue weighted by Crippen LogP contribution is 2.43. The van der Waals surface area contributed by atoms with Crippen molar-refractivity contribution < 1.29 is 19.1 Å². The summed E-state index contributed by atoms with van der Waals surface area (Å²) in [5.41, 5.74) is 2.46. The van der Waals surface area contributed by atoms with Crippen LogP contribution in [0.25, 0.3) is 5.69 Å². The van der Waals surface area contributed by atoms with Crippen molar-refractivity contribution in [2.24, 2.45) is 0 Å². The fourth-order valence-corrected chi connectivity index (χ4v) is 5.81. The van der Waals surface area contributed by atoms with Gasteiger partial charge in [0.15, 0.2) is 16.7 Å². The third kappa shape index (κ3) is 7.47. The SMILES string of the molecule is CCOc1ccc(-n2c(C)nnc2S[C@H](C[N+](=O)[O-])c2cc(Br)c(OCc3ccc(Cl)cc3)c(OCC)c2)cc1. The van der Waals surface area contributed by atoms with Gasteiger partial charge in [0.25, 0.3) is 0 Å². The number of nitro groups is 1. The number of hydrogen-bond donors (Lipinski definition) is 0. The molecule has 0 N–H and O–H groups in total. The molecule has 1 heterocycles. The molecule has 1 atom stereocenters. The van der Waals surface area contributed by atoms with Crippen molar-refractivity contribution >= 4 is 39.3 Å². The second-order valence-electron chi connectivity index (χ2n) is 8.59. The number of rotatable bonds is 13. The van der Waals surface area contributed by atoms with Crippen LogP contribution in [0, 0.1) is 17.0 Å². The highest BCUT2D eigenvalue weighted by Gasteiger charge is 2.26. The summed E-state index contributed by atoms with van der Waals surface area (Å²) in [7, 11) is 0. The van der Waals surface area contributed by atoms with E-state index in [-0.39, 0.29) is 11.5 Å². The summed E-state index contributed by atoms with van der Waals surface area (Å²) >= 11 is 10.9. The van der Waals surface area contributed by atoms with E-state index in [2.05, 4.69) is 26.1 Å². The van der Waals surface area contributed by atoms with E-state index in [0.29, 0.717) is 57.4 Å². The van der Waals surface area contributed by atoms with Gasteiger partial charge >= 0.3 is 0 Å². The average Bonchev–Trinajstić information content (AvgIpc) is 3.29. The zero-order valence-corrected chi connectivity index (χ0v) is 25.3. The molecule has 0 spiro atoms. The molecule has 210 valence electrons. The van der Waals surface area contributed by atoms with Crippen molar-refractivity contribution in [3.8, 4) is 22.9 Å². The Balaban J connectivity index is 1.64. The maximum atomic E-state index is 11.7. The molecule has 0 saturated carbocycles. The van der Waals surface area contributed by atoms with Crippen LogP contribution in [0.3, 0.4) is 0 Å². The molecule has 4 rings (SSSR count). The van der Waals surface area contributed by atoms with Gasteiger partial charge in [0.2, 0.25) is 6.54 Å². The molecule has 0 aliphatic heterocycles. The molecule has 0 amide bonds. The molecule has 0 bridgehead atoms. The molecule has 0 unspecified atom stereocenters. The lowest BCUT2D eigenvalue weighted by Crippen LogP contribution is -2.12. The first-order valence-electron chi connectivity index (χ1n) is 12.6. The van der Waals surface area contributed by atoms with Crippen LogP contribution in [0.5, 0.6) is 17.2 Å². The van der Waals surface area contributed by atoms with Crippen LogP contribution in [0.15, 0.2) is 70.3 Å². The number of aryl methyl sites for hydroxylation is 1. The van der Waals surface area contributed by atoms with Crippen molar-refractivity contribution in [1.82, 2.24) is 14.8 Å². The Labute approximate surface area is 250 Å². The Morgan fingerprint density at radius 2 is 1.73 bits per heavy atom. The smallest absolute Gasteiger partial charge is 0.220 e. The van der Waals surface area contributed by atoms with E-state index in [0.717, 1.165) is 17.0 Å². The Morgan fingerprint density at radius 3 is 2.38 bits per heavy atom. The maximum Gasteiger partial charge on any atom is 0.220 e. The molecule has 3 aromatic carbocycles. The number of nitrogens with zero attached hydrogens (tertiary/aromatic N) is 4. The number of aromatic nitrogens is 3. The second-order valence-corrected chi connectivity index (χ2v) is 11.1. The highest BCUT2D eigenvalue weighted by molar-refractivity contribution is 9.10. The minimum Gasteiger partial charge on any atom is -0.494 e. The molecular formula is C28H28BrClN4O5S. The zero-order valence-electron chi connectivity index (χ0n) is 22.2. The van der Waals surface area contributed by atoms with Gasteiger partial charge in [-0.3, -0.25) is 14.7 Å². The summed E-state index contributed by atoms with van der Waals surface area (Å²) in [6.45, 7) is 6.57. The van der Waals surface area contributed by atoms with Gasteiger partial charge in [-0.15, -0.1) is 10.2 Å². The molecule has 12 heteroatoms. The molecule has 1 aromatic heterocycles. The van der Waals surface area contributed by atoms with Gasteiger partial charge in [0, 0.05) is 15.6 Å². The van der Waals surface area contributed by atoms with Crippen LogP contribution in [-0.2, 0) is 6.61 Å². The van der Waals surface area contributed by atoms with Crippen LogP contribution in [0.4, 0.5) is 0 Å². The van der Waals surface area contributed by atoms with Crippen molar-refractivity contribution in [2.75, 3.05) is 19.8 Å². The predicted octanol–water partition coefficient (Wildman–Crippen LogP) is 7.48. The fourth-order valence-electron chi connectivity index (χ4n) is 3.96. The standard InChI is InChI=1S/C28H28BrClN4O5S/c1-4-37-23-12-10-22(11-13-23)34-18(3)31-32-28(34)40-26(16-33(35)36)20-14-24(29)27(25(15-20)38-5-2)39-17-19-6-8-21(30)9-7-19/h6-15,26H,4-5,16-17H2,1-3H3/t26-/m1/s1. The van der Waals surface area contributed by atoms with Crippen molar-refractivity contribution in [2.45, 2.75) is 37.8 Å². The van der Waals surface area contributed by atoms with Crippen LogP contribution in [0.1, 0.15) is 36.0 Å². The topological polar surface area (TPSA) is 102 Å². The van der Waals surface area contributed by atoms with Gasteiger partial charge in [-0.1, -0.05) is 35.5 Å². The van der Waals surface area contributed by atoms with Gasteiger partial charge in [-0.2, -0.15) is 0 Å². The van der Waals surface area contributed by atoms with Crippen molar-refractivity contribution in [3.05, 3.63) is 97.2 Å². The Hall–Kier alpha value is -3.28. The summed E-state index contributed by atoms with van der Waals surface area (Å²) in [5.74, 6) is 2.41. The summed E-state index contributed by atoms with van der Waals surface area (Å²) < 4.78 is 20.0. The predicted molar refractivity (Wildman–Crippen MR) is 159 cm³/mol. The van der Waals surface area contributed by atoms with Gasteiger partial charge in [0.1, 0.15) is 23.4 Å². The molecular weight excluding hydrogens is 620 g/mol. The first kappa shape index (κ1) is 29.7. The first-order chi connectivity index (χ1) is 19.3. The van der Waals surface area contributed by atoms with Crippen LogP contribution in [-0.4, -0.2) is 39.4 Å². The van der Waals surface area contributed by atoms with Gasteiger partial charge < -0.3 is 14.2 Å². The fraction of sp³-hybridized carbons (Fsp3) is 0.286. The van der Waals surface area contributed by atoms with Gasteiger partial charge in [-0.05, 0) is 96.4 Å². The third-order valence-corrected chi connectivity index (χ3v) is 7.79. The summed E-state index contributed by atoms with van der Waals surface area (Å²) in [6, 6.07) is 18.5. The van der Waals surface area contributed by atoms with Gasteiger partial charge in [-0.25, -0.2) is 0 Å². The number of hydrogen-bond acceptors (Lipinski definition) is 8. The van der Waals surface area contributed by atoms with Crippen LogP contribution >= 0.6 is 39.3 Å². The molecule has 0 fully saturated rings. The minimum atomic E-state index is -0.583. The van der Waals surface area contributed by atoms with E-state index in [1.54, 1.807) is 18.2 Å². The lowest BCUT2D eigenvalue weighted by molar-refractivity contribution is -0.479. The third-order valence-electron chi connectivity index (χ3n) is 5.76. The molecule has 9 nitrogen and oxygen atoms in total. The van der Waals surface area contributed by atoms with Crippen molar-refractivity contribution in [3.63, 3.8) is 0 Å². The normalized spacial score (nSPS) is 11.7. The second kappa shape index (κ2) is 13.9. The van der Waals surface area contributed by atoms with E-state index in [4.69, 9.17) is 25.8 Å². The molecule has 0 radical (unpaired) electrons. The summed E-state index contributed by atoms with van der Waals surface area (Å²) in [4.78, 5) is 11.4. The Bertz CT molecular complexity index is 1450. The van der Waals surface area contributed by atoms with E-state index in [1.165, 1.54) is 11.8 Å². The number of benzene rings is 3. The number of ether oxygens (including phenoxy) is 3. The molecule has 0 aliphatic carbocycles. The van der Waals surface area contributed by atoms with E-state index >= 15 is 0 Å². The number of halogens is 2. The lowest BCUT2D eigenvalue weighted by Gasteiger charge is -2.19. The molecule has 40 heavy (non-hydrogen) atoms. The minimum absolute atomic E-state index is 0.298. The quantitative estimate of drug-likeness (QED) is 0.0837. The summed E-state index contributed by atoms with van der Waals surface area (Å²) in [6.07, 6.45) is 0. The molecule has 0 aliphatic rings.